The van der Waals surface area contributed by atoms with Gasteiger partial charge in [-0.3, -0.25) is 9.59 Å². The second kappa shape index (κ2) is 13.4. The van der Waals surface area contributed by atoms with Gasteiger partial charge >= 0.3 is 0 Å². The van der Waals surface area contributed by atoms with Crippen LogP contribution in [0.3, 0.4) is 0 Å². The number of benzene rings is 2. The van der Waals surface area contributed by atoms with Crippen LogP contribution in [0.4, 0.5) is 5.69 Å². The Hall–Kier alpha value is -2.88. The van der Waals surface area contributed by atoms with Gasteiger partial charge < -0.3 is 14.4 Å². The molecule has 48 heavy (non-hydrogen) atoms. The fourth-order valence-electron chi connectivity index (χ4n) is 8.31. The summed E-state index contributed by atoms with van der Waals surface area (Å²) in [6, 6.07) is 11.4. The van der Waals surface area contributed by atoms with E-state index in [1.165, 1.54) is 11.1 Å². The molecule has 1 spiro atoms. The molecule has 6 atom stereocenters. The third-order valence-corrected chi connectivity index (χ3v) is 13.9. The fraction of sp³-hybridized carbons (Fsp3) is 0.579. The van der Waals surface area contributed by atoms with E-state index in [4.69, 9.17) is 21.1 Å². The molecule has 1 N–H and O–H groups in total. The van der Waals surface area contributed by atoms with Crippen LogP contribution in [-0.4, -0.2) is 57.8 Å². The Kier molecular flexibility index (Phi) is 9.79. The van der Waals surface area contributed by atoms with Crippen molar-refractivity contribution in [3.8, 4) is 5.75 Å². The molecule has 2 aliphatic heterocycles. The van der Waals surface area contributed by atoms with Crippen LogP contribution in [0.15, 0.2) is 48.6 Å². The van der Waals surface area contributed by atoms with E-state index in [9.17, 15) is 18.0 Å². The fourth-order valence-corrected chi connectivity index (χ4v) is 9.79. The third kappa shape index (κ3) is 6.54. The van der Waals surface area contributed by atoms with Gasteiger partial charge in [-0.05, 0) is 105 Å². The maximum Gasteiger partial charge on any atom is 0.264 e. The Morgan fingerprint density at radius 1 is 1.17 bits per heavy atom. The molecule has 1 saturated carbocycles. The van der Waals surface area contributed by atoms with Gasteiger partial charge in [0.25, 0.3) is 5.91 Å². The lowest BCUT2D eigenvalue weighted by molar-refractivity contribution is -0.133. The van der Waals surface area contributed by atoms with Crippen molar-refractivity contribution in [3.63, 3.8) is 0 Å². The van der Waals surface area contributed by atoms with Gasteiger partial charge in [0.2, 0.25) is 10.0 Å². The number of halogens is 1. The Morgan fingerprint density at radius 3 is 2.67 bits per heavy atom. The second-order valence-electron chi connectivity index (χ2n) is 15.0. The summed E-state index contributed by atoms with van der Waals surface area (Å²) in [7, 11) is -2.29. The van der Waals surface area contributed by atoms with E-state index in [0.717, 1.165) is 42.8 Å². The molecule has 10 heteroatoms. The van der Waals surface area contributed by atoms with Crippen molar-refractivity contribution in [3.05, 3.63) is 70.3 Å². The van der Waals surface area contributed by atoms with Gasteiger partial charge in [-0.25, -0.2) is 13.1 Å². The number of hydrogen-bond donors (Lipinski definition) is 1. The van der Waals surface area contributed by atoms with E-state index in [0.29, 0.717) is 31.9 Å². The van der Waals surface area contributed by atoms with Crippen LogP contribution in [0.2, 0.25) is 5.02 Å². The molecule has 0 radical (unpaired) electrons. The van der Waals surface area contributed by atoms with Crippen molar-refractivity contribution in [1.82, 2.24) is 4.72 Å². The number of carbonyl (C=O) groups excluding carboxylic acids is 2. The average molecular weight is 697 g/mol. The number of carbonyl (C=O) groups is 2. The maximum atomic E-state index is 13.5. The standard InChI is InChI=1S/C38H49ClN2O6S/c1-24(2)34(42)20-38(46-5)17-6-8-25(3)26(4)48(44,45)40-36(43)28-11-15-35-33(19-28)41(21-29-10-13-32(29)38)22-37(23-47-35)16-7-9-27-18-30(39)12-14-31(27)37/h6,11-12,14-15,17-19,24-26,29,32H,7-10,13,16,20-23H2,1-5H3,(H,40,43)/b17-6-/t25-,26+,29-,32+,37-,38+/m0/s1. The predicted molar refractivity (Wildman–Crippen MR) is 189 cm³/mol. The molecular formula is C38H49ClN2O6S. The van der Waals surface area contributed by atoms with Crippen molar-refractivity contribution in [2.24, 2.45) is 23.7 Å². The Labute approximate surface area is 290 Å². The lowest BCUT2D eigenvalue weighted by Crippen LogP contribution is -2.54. The van der Waals surface area contributed by atoms with E-state index in [2.05, 4.69) is 21.8 Å². The molecule has 2 bridgehead atoms. The molecule has 0 saturated heterocycles. The zero-order valence-corrected chi connectivity index (χ0v) is 30.3. The summed E-state index contributed by atoms with van der Waals surface area (Å²) in [4.78, 5) is 29.2. The molecule has 2 aromatic carbocycles. The number of allylic oxidation sites excluding steroid dienone is 1. The number of methoxy groups -OCH3 is 1. The number of ketones is 1. The SMILES string of the molecule is CO[C@@]1(CC(=O)C(C)C)/C=C\C[C@H](C)[C@@H](C)S(=O)(=O)NC(=O)c2ccc3c(c2)N(C[C@@H]2CC[C@H]21)C[C@@]1(CCCc2cc(Cl)ccc21)CO3. The topological polar surface area (TPSA) is 102 Å². The highest BCUT2D eigenvalue weighted by atomic mass is 35.5. The molecule has 8 nitrogen and oxygen atoms in total. The van der Waals surface area contributed by atoms with Crippen LogP contribution in [-0.2, 0) is 31.4 Å². The lowest BCUT2D eigenvalue weighted by Gasteiger charge is -2.50. The Balaban J connectivity index is 1.47. The number of Topliss-reactive ketones (excluding diaryl/α,β-unsaturated/α-hetero) is 1. The molecule has 0 aromatic heterocycles. The van der Waals surface area contributed by atoms with Crippen LogP contribution >= 0.6 is 11.6 Å². The lowest BCUT2D eigenvalue weighted by atomic mass is 9.62. The molecule has 4 aliphatic rings. The minimum Gasteiger partial charge on any atom is -0.490 e. The minimum atomic E-state index is -3.98. The van der Waals surface area contributed by atoms with Crippen LogP contribution in [0.25, 0.3) is 0 Å². The second-order valence-corrected chi connectivity index (χ2v) is 17.5. The van der Waals surface area contributed by atoms with E-state index in [-0.39, 0.29) is 46.9 Å². The molecule has 2 aromatic rings. The van der Waals surface area contributed by atoms with Gasteiger partial charge in [0.05, 0.1) is 23.1 Å². The summed E-state index contributed by atoms with van der Waals surface area (Å²) >= 11 is 6.45. The Morgan fingerprint density at radius 2 is 1.96 bits per heavy atom. The zero-order valence-electron chi connectivity index (χ0n) is 28.8. The van der Waals surface area contributed by atoms with Gasteiger partial charge in [0.1, 0.15) is 11.5 Å². The number of amides is 1. The first kappa shape index (κ1) is 35.0. The first-order chi connectivity index (χ1) is 22.8. The number of ether oxygens (including phenoxy) is 2. The number of anilines is 1. The summed E-state index contributed by atoms with van der Waals surface area (Å²) in [5.41, 5.74) is 2.41. The van der Waals surface area contributed by atoms with Gasteiger partial charge in [-0.1, -0.05) is 50.6 Å². The zero-order chi connectivity index (χ0) is 34.4. The smallest absolute Gasteiger partial charge is 0.264 e. The van der Waals surface area contributed by atoms with E-state index < -0.39 is 26.8 Å². The van der Waals surface area contributed by atoms with Crippen LogP contribution in [0, 0.1) is 23.7 Å². The summed E-state index contributed by atoms with van der Waals surface area (Å²) in [6.45, 7) is 9.16. The third-order valence-electron chi connectivity index (χ3n) is 11.7. The molecular weight excluding hydrogens is 648 g/mol. The molecule has 2 aliphatic carbocycles. The molecule has 6 rings (SSSR count). The van der Waals surface area contributed by atoms with Crippen molar-refractivity contribution < 1.29 is 27.5 Å². The molecule has 1 amide bonds. The van der Waals surface area contributed by atoms with Gasteiger partial charge in [0, 0.05) is 48.5 Å². The van der Waals surface area contributed by atoms with Crippen molar-refractivity contribution in [1.29, 1.82) is 0 Å². The molecule has 2 heterocycles. The number of fused-ring (bicyclic) bond motifs is 4. The average Bonchev–Trinajstić information content (AvgIpc) is 3.18. The normalized spacial score (nSPS) is 32.2. The molecule has 0 unspecified atom stereocenters. The summed E-state index contributed by atoms with van der Waals surface area (Å²) in [5, 5.41) is -0.106. The molecule has 260 valence electrons. The van der Waals surface area contributed by atoms with Gasteiger partial charge in [-0.15, -0.1) is 0 Å². The van der Waals surface area contributed by atoms with Crippen LogP contribution < -0.4 is 14.4 Å². The number of rotatable bonds is 4. The maximum absolute atomic E-state index is 13.5. The predicted octanol–water partition coefficient (Wildman–Crippen LogP) is 6.88. The van der Waals surface area contributed by atoms with Gasteiger partial charge in [0.15, 0.2) is 0 Å². The van der Waals surface area contributed by atoms with Gasteiger partial charge in [-0.2, -0.15) is 0 Å². The van der Waals surface area contributed by atoms with Crippen molar-refractivity contribution in [2.45, 2.75) is 88.9 Å². The Bertz CT molecular complexity index is 1710. The summed E-state index contributed by atoms with van der Waals surface area (Å²) in [5.74, 6) is 0.0358. The highest BCUT2D eigenvalue weighted by Gasteiger charge is 2.50. The number of hydrogen-bond acceptors (Lipinski definition) is 7. The summed E-state index contributed by atoms with van der Waals surface area (Å²) < 4.78 is 42.2. The van der Waals surface area contributed by atoms with Crippen LogP contribution in [0.1, 0.15) is 87.7 Å². The van der Waals surface area contributed by atoms with Crippen LogP contribution in [0.5, 0.6) is 5.75 Å². The highest BCUT2D eigenvalue weighted by molar-refractivity contribution is 7.90. The first-order valence-electron chi connectivity index (χ1n) is 17.4. The number of sulfonamides is 1. The minimum absolute atomic E-state index is 0.0818. The highest BCUT2D eigenvalue weighted by Crippen LogP contribution is 2.50. The monoisotopic (exact) mass is 696 g/mol. The number of nitrogens with one attached hydrogen (secondary N) is 1. The molecule has 1 fully saturated rings. The van der Waals surface area contributed by atoms with Crippen molar-refractivity contribution >= 4 is 39.0 Å². The summed E-state index contributed by atoms with van der Waals surface area (Å²) in [6.07, 6.45) is 9.54. The number of aryl methyl sites for hydroxylation is 1. The quantitative estimate of drug-likeness (QED) is 0.348. The number of nitrogens with zero attached hydrogens (tertiary/aromatic N) is 1. The largest absolute Gasteiger partial charge is 0.490 e. The van der Waals surface area contributed by atoms with E-state index in [1.807, 2.05) is 39.0 Å². The van der Waals surface area contributed by atoms with E-state index in [1.54, 1.807) is 32.2 Å². The first-order valence-corrected chi connectivity index (χ1v) is 19.3. The van der Waals surface area contributed by atoms with E-state index >= 15 is 0 Å². The van der Waals surface area contributed by atoms with Crippen molar-refractivity contribution in [2.75, 3.05) is 31.7 Å².